The third-order valence-electron chi connectivity index (χ3n) is 4.18. The van der Waals surface area contributed by atoms with Gasteiger partial charge in [0.15, 0.2) is 0 Å². The molecule has 0 spiro atoms. The Morgan fingerprint density at radius 1 is 1.13 bits per heavy atom. The van der Waals surface area contributed by atoms with Gasteiger partial charge in [0.25, 0.3) is 5.91 Å². The van der Waals surface area contributed by atoms with Gasteiger partial charge in [-0.1, -0.05) is 36.4 Å². The van der Waals surface area contributed by atoms with Crippen molar-refractivity contribution >= 4 is 27.3 Å². The summed E-state index contributed by atoms with van der Waals surface area (Å²) in [7, 11) is 0. The predicted octanol–water partition coefficient (Wildman–Crippen LogP) is 4.85. The van der Waals surface area contributed by atoms with Crippen molar-refractivity contribution in [3.8, 4) is 0 Å². The van der Waals surface area contributed by atoms with Gasteiger partial charge in [-0.25, -0.2) is 4.39 Å². The first kappa shape index (κ1) is 14.4. The molecular formula is C19H16FNOS. The van der Waals surface area contributed by atoms with Crippen molar-refractivity contribution < 1.29 is 9.18 Å². The molecule has 0 unspecified atom stereocenters. The first-order valence-electron chi connectivity index (χ1n) is 7.75. The van der Waals surface area contributed by atoms with Crippen molar-refractivity contribution in [1.82, 2.24) is 4.90 Å². The fraction of sp³-hybridized carbons (Fsp3) is 0.211. The Kier molecular flexibility index (Phi) is 3.62. The Bertz CT molecular complexity index is 835. The summed E-state index contributed by atoms with van der Waals surface area (Å²) >= 11 is 1.51. The zero-order valence-electron chi connectivity index (χ0n) is 12.5. The number of thiophene rings is 1. The molecule has 0 aliphatic heterocycles. The van der Waals surface area contributed by atoms with E-state index in [0.717, 1.165) is 27.8 Å². The minimum absolute atomic E-state index is 0.0111. The van der Waals surface area contributed by atoms with E-state index in [9.17, 15) is 9.18 Å². The Morgan fingerprint density at radius 3 is 2.61 bits per heavy atom. The highest BCUT2D eigenvalue weighted by Crippen LogP contribution is 2.33. The minimum atomic E-state index is -0.248. The highest BCUT2D eigenvalue weighted by Gasteiger charge is 2.34. The van der Waals surface area contributed by atoms with E-state index in [1.165, 1.54) is 17.4 Å². The molecule has 1 amide bonds. The molecule has 1 saturated carbocycles. The normalized spacial score (nSPS) is 14.1. The number of carbonyl (C=O) groups excluding carboxylic acids is 1. The standard InChI is InChI=1S/C19H16FNOS/c20-16-7-3-1-6-14(16)12-21(15-9-10-15)19(22)18-11-13-5-2-4-8-17(13)23-18/h1-8,11,15H,9-10,12H2. The highest BCUT2D eigenvalue weighted by molar-refractivity contribution is 7.20. The van der Waals surface area contributed by atoms with Crippen LogP contribution < -0.4 is 0 Å². The second-order valence-corrected chi connectivity index (χ2v) is 6.99. The maximum atomic E-state index is 13.9. The SMILES string of the molecule is O=C(c1cc2ccccc2s1)N(Cc1ccccc1F)C1CC1. The second-order valence-electron chi connectivity index (χ2n) is 5.90. The third-order valence-corrected chi connectivity index (χ3v) is 5.29. The van der Waals surface area contributed by atoms with Crippen LogP contribution in [0.5, 0.6) is 0 Å². The lowest BCUT2D eigenvalue weighted by molar-refractivity contribution is 0.0733. The van der Waals surface area contributed by atoms with Crippen LogP contribution in [-0.2, 0) is 6.54 Å². The van der Waals surface area contributed by atoms with E-state index in [-0.39, 0.29) is 17.8 Å². The number of rotatable bonds is 4. The zero-order chi connectivity index (χ0) is 15.8. The highest BCUT2D eigenvalue weighted by atomic mass is 32.1. The molecule has 1 heterocycles. The third kappa shape index (κ3) is 2.86. The van der Waals surface area contributed by atoms with Crippen LogP contribution in [0.25, 0.3) is 10.1 Å². The molecule has 2 nitrogen and oxygen atoms in total. The summed E-state index contributed by atoms with van der Waals surface area (Å²) in [6.45, 7) is 0.338. The summed E-state index contributed by atoms with van der Waals surface area (Å²) in [6.07, 6.45) is 2.01. The van der Waals surface area contributed by atoms with Gasteiger partial charge in [-0.2, -0.15) is 0 Å². The fourth-order valence-corrected chi connectivity index (χ4v) is 3.81. The van der Waals surface area contributed by atoms with E-state index in [0.29, 0.717) is 12.1 Å². The number of hydrogen-bond acceptors (Lipinski definition) is 2. The van der Waals surface area contributed by atoms with E-state index in [1.54, 1.807) is 12.1 Å². The molecule has 4 rings (SSSR count). The van der Waals surface area contributed by atoms with Crippen LogP contribution in [0, 0.1) is 5.82 Å². The van der Waals surface area contributed by atoms with Gasteiger partial charge in [-0.3, -0.25) is 4.79 Å². The molecule has 0 saturated heterocycles. The fourth-order valence-electron chi connectivity index (χ4n) is 2.79. The number of hydrogen-bond donors (Lipinski definition) is 0. The summed E-state index contributed by atoms with van der Waals surface area (Å²) in [6, 6.07) is 16.9. The lowest BCUT2D eigenvalue weighted by atomic mass is 10.2. The quantitative estimate of drug-likeness (QED) is 0.672. The summed E-state index contributed by atoms with van der Waals surface area (Å²) in [5.41, 5.74) is 0.578. The van der Waals surface area contributed by atoms with Crippen LogP contribution in [-0.4, -0.2) is 16.8 Å². The second kappa shape index (κ2) is 5.78. The zero-order valence-corrected chi connectivity index (χ0v) is 13.4. The van der Waals surface area contributed by atoms with Crippen LogP contribution in [0.2, 0.25) is 0 Å². The summed E-state index contributed by atoms with van der Waals surface area (Å²) in [4.78, 5) is 15.5. The molecule has 0 bridgehead atoms. The van der Waals surface area contributed by atoms with Crippen molar-refractivity contribution in [2.75, 3.05) is 0 Å². The van der Waals surface area contributed by atoms with Crippen LogP contribution in [0.4, 0.5) is 4.39 Å². The number of halogens is 1. The van der Waals surface area contributed by atoms with Crippen molar-refractivity contribution in [2.45, 2.75) is 25.4 Å². The number of amides is 1. The Labute approximate surface area is 138 Å². The summed E-state index contributed by atoms with van der Waals surface area (Å²) in [5.74, 6) is -0.237. The molecule has 4 heteroatoms. The van der Waals surface area contributed by atoms with Gasteiger partial charge >= 0.3 is 0 Å². The molecule has 1 aromatic heterocycles. The molecule has 3 aromatic rings. The van der Waals surface area contributed by atoms with Crippen LogP contribution in [0.3, 0.4) is 0 Å². The van der Waals surface area contributed by atoms with Crippen LogP contribution in [0.15, 0.2) is 54.6 Å². The van der Waals surface area contributed by atoms with Gasteiger partial charge in [-0.15, -0.1) is 11.3 Å². The first-order chi connectivity index (χ1) is 11.2. The average molecular weight is 325 g/mol. The molecule has 0 atom stereocenters. The molecule has 0 N–H and O–H groups in total. The van der Waals surface area contributed by atoms with E-state index in [2.05, 4.69) is 0 Å². The van der Waals surface area contributed by atoms with Crippen LogP contribution >= 0.6 is 11.3 Å². The van der Waals surface area contributed by atoms with Crippen molar-refractivity contribution in [1.29, 1.82) is 0 Å². The van der Waals surface area contributed by atoms with E-state index in [4.69, 9.17) is 0 Å². The maximum absolute atomic E-state index is 13.9. The van der Waals surface area contributed by atoms with E-state index in [1.807, 2.05) is 41.3 Å². The number of benzene rings is 2. The van der Waals surface area contributed by atoms with E-state index >= 15 is 0 Å². The smallest absolute Gasteiger partial charge is 0.264 e. The number of fused-ring (bicyclic) bond motifs is 1. The largest absolute Gasteiger partial charge is 0.331 e. The van der Waals surface area contributed by atoms with Gasteiger partial charge < -0.3 is 4.90 Å². The Balaban J connectivity index is 1.64. The number of nitrogens with zero attached hydrogens (tertiary/aromatic N) is 1. The lowest BCUT2D eigenvalue weighted by Gasteiger charge is -2.22. The lowest BCUT2D eigenvalue weighted by Crippen LogP contribution is -2.32. The van der Waals surface area contributed by atoms with Gasteiger partial charge in [-0.05, 0) is 36.4 Å². The number of carbonyl (C=O) groups is 1. The van der Waals surface area contributed by atoms with Gasteiger partial charge in [0.2, 0.25) is 0 Å². The van der Waals surface area contributed by atoms with Gasteiger partial charge in [0.1, 0.15) is 5.82 Å². The van der Waals surface area contributed by atoms with Gasteiger partial charge in [0, 0.05) is 22.8 Å². The molecule has 0 radical (unpaired) electrons. The van der Waals surface area contributed by atoms with Crippen LogP contribution in [0.1, 0.15) is 28.1 Å². The molecule has 2 aromatic carbocycles. The Hall–Kier alpha value is -2.20. The molecule has 116 valence electrons. The minimum Gasteiger partial charge on any atom is -0.331 e. The monoisotopic (exact) mass is 325 g/mol. The maximum Gasteiger partial charge on any atom is 0.264 e. The average Bonchev–Trinajstić information content (AvgIpc) is 3.31. The molecule has 23 heavy (non-hydrogen) atoms. The van der Waals surface area contributed by atoms with E-state index < -0.39 is 0 Å². The predicted molar refractivity (Wildman–Crippen MR) is 91.1 cm³/mol. The first-order valence-corrected chi connectivity index (χ1v) is 8.57. The molecule has 1 aliphatic rings. The molecular weight excluding hydrogens is 309 g/mol. The van der Waals surface area contributed by atoms with Gasteiger partial charge in [0.05, 0.1) is 4.88 Å². The Morgan fingerprint density at radius 2 is 1.87 bits per heavy atom. The van der Waals surface area contributed by atoms with Crippen molar-refractivity contribution in [3.63, 3.8) is 0 Å². The van der Waals surface area contributed by atoms with Crippen molar-refractivity contribution in [2.24, 2.45) is 0 Å². The van der Waals surface area contributed by atoms with Crippen molar-refractivity contribution in [3.05, 3.63) is 70.9 Å². The summed E-state index contributed by atoms with van der Waals surface area (Å²) in [5, 5.41) is 1.09. The molecule has 1 fully saturated rings. The summed E-state index contributed by atoms with van der Waals surface area (Å²) < 4.78 is 15.0. The molecule has 1 aliphatic carbocycles. The topological polar surface area (TPSA) is 20.3 Å².